The first-order valence-corrected chi connectivity index (χ1v) is 7.79. The van der Waals surface area contributed by atoms with Gasteiger partial charge in [0.1, 0.15) is 17.2 Å². The van der Waals surface area contributed by atoms with E-state index in [9.17, 15) is 10.2 Å². The lowest BCUT2D eigenvalue weighted by Crippen LogP contribution is -2.07. The monoisotopic (exact) mass is 314 g/mol. The quantitative estimate of drug-likeness (QED) is 0.546. The second kappa shape index (κ2) is 8.90. The number of aliphatic hydroxyl groups is 1. The molecule has 2 rings (SSSR count). The number of azo groups is 1. The molecule has 122 valence electrons. The molecule has 0 aromatic heterocycles. The van der Waals surface area contributed by atoms with E-state index in [1.807, 2.05) is 37.3 Å². The van der Waals surface area contributed by atoms with Gasteiger partial charge >= 0.3 is 0 Å². The molecular formula is C18H22N2O3. The van der Waals surface area contributed by atoms with E-state index in [1.165, 1.54) is 6.07 Å². The van der Waals surface area contributed by atoms with Crippen LogP contribution >= 0.6 is 0 Å². The molecule has 5 heteroatoms. The summed E-state index contributed by atoms with van der Waals surface area (Å²) in [6.45, 7) is 2.40. The zero-order valence-corrected chi connectivity index (χ0v) is 13.2. The lowest BCUT2D eigenvalue weighted by Gasteiger charge is -2.10. The molecule has 5 nitrogen and oxygen atoms in total. The number of benzene rings is 2. The maximum Gasteiger partial charge on any atom is 0.150 e. The fourth-order valence-corrected chi connectivity index (χ4v) is 2.01. The molecule has 23 heavy (non-hydrogen) atoms. The van der Waals surface area contributed by atoms with E-state index in [4.69, 9.17) is 4.74 Å². The van der Waals surface area contributed by atoms with Crippen LogP contribution < -0.4 is 4.74 Å². The normalized spacial score (nSPS) is 12.4. The van der Waals surface area contributed by atoms with Crippen LogP contribution in [0.5, 0.6) is 11.5 Å². The highest BCUT2D eigenvalue weighted by atomic mass is 16.5. The van der Waals surface area contributed by atoms with Gasteiger partial charge in [-0.3, -0.25) is 0 Å². The van der Waals surface area contributed by atoms with E-state index < -0.39 is 0 Å². The van der Waals surface area contributed by atoms with Gasteiger partial charge < -0.3 is 14.9 Å². The second-order valence-corrected chi connectivity index (χ2v) is 5.24. The largest absolute Gasteiger partial charge is 0.508 e. The molecule has 1 unspecified atom stereocenters. The summed E-state index contributed by atoms with van der Waals surface area (Å²) in [6.07, 6.45) is 1.87. The molecule has 0 spiro atoms. The molecule has 0 aliphatic heterocycles. The number of rotatable bonds is 8. The maximum atomic E-state index is 9.61. The highest BCUT2D eigenvalue weighted by Crippen LogP contribution is 2.32. The fourth-order valence-electron chi connectivity index (χ4n) is 2.01. The fraction of sp³-hybridized carbons (Fsp3) is 0.333. The average Bonchev–Trinajstić information content (AvgIpc) is 2.58. The molecule has 0 saturated heterocycles. The van der Waals surface area contributed by atoms with Crippen LogP contribution in [-0.4, -0.2) is 22.9 Å². The van der Waals surface area contributed by atoms with Crippen molar-refractivity contribution < 1.29 is 14.9 Å². The average molecular weight is 314 g/mol. The first-order chi connectivity index (χ1) is 11.2. The topological polar surface area (TPSA) is 74.4 Å². The molecule has 0 saturated carbocycles. The smallest absolute Gasteiger partial charge is 0.150 e. The Labute approximate surface area is 136 Å². The van der Waals surface area contributed by atoms with Gasteiger partial charge in [-0.05, 0) is 43.5 Å². The number of phenolic OH excluding ortho intramolecular Hbond substituents is 1. The lowest BCUT2D eigenvalue weighted by atomic mass is 10.1. The Kier molecular flexibility index (Phi) is 6.56. The molecule has 0 amide bonds. The summed E-state index contributed by atoms with van der Waals surface area (Å²) in [5, 5.41) is 27.5. The Bertz CT molecular complexity index is 629. The van der Waals surface area contributed by atoms with E-state index in [1.54, 1.807) is 12.1 Å². The number of nitrogens with zero attached hydrogens (tertiary/aromatic N) is 2. The van der Waals surface area contributed by atoms with Gasteiger partial charge in [0.25, 0.3) is 0 Å². The SMILES string of the molecule is CCC(O)CCCOc1cc(O)ccc1N=Nc1ccccc1. The summed E-state index contributed by atoms with van der Waals surface area (Å²) in [6, 6.07) is 14.1. The van der Waals surface area contributed by atoms with Crippen LogP contribution in [-0.2, 0) is 0 Å². The van der Waals surface area contributed by atoms with Crippen LogP contribution in [0.3, 0.4) is 0 Å². The van der Waals surface area contributed by atoms with Crippen molar-refractivity contribution >= 4 is 11.4 Å². The Morgan fingerprint density at radius 1 is 1.09 bits per heavy atom. The van der Waals surface area contributed by atoms with Crippen molar-refractivity contribution in [3.63, 3.8) is 0 Å². The van der Waals surface area contributed by atoms with E-state index in [0.717, 1.165) is 18.5 Å². The first kappa shape index (κ1) is 17.0. The van der Waals surface area contributed by atoms with Crippen molar-refractivity contribution in [2.45, 2.75) is 32.3 Å². The number of aromatic hydroxyl groups is 1. The zero-order chi connectivity index (χ0) is 16.5. The highest BCUT2D eigenvalue weighted by molar-refractivity contribution is 5.54. The molecule has 0 fully saturated rings. The van der Waals surface area contributed by atoms with Gasteiger partial charge in [0.05, 0.1) is 18.4 Å². The Balaban J connectivity index is 2.01. The van der Waals surface area contributed by atoms with Crippen molar-refractivity contribution in [2.75, 3.05) is 6.61 Å². The van der Waals surface area contributed by atoms with Gasteiger partial charge in [-0.15, -0.1) is 5.11 Å². The van der Waals surface area contributed by atoms with Crippen LogP contribution in [0.2, 0.25) is 0 Å². The summed E-state index contributed by atoms with van der Waals surface area (Å²) in [4.78, 5) is 0. The van der Waals surface area contributed by atoms with Gasteiger partial charge in [-0.25, -0.2) is 0 Å². The minimum Gasteiger partial charge on any atom is -0.508 e. The van der Waals surface area contributed by atoms with E-state index in [0.29, 0.717) is 24.5 Å². The van der Waals surface area contributed by atoms with Crippen LogP contribution in [0, 0.1) is 0 Å². The third-order valence-electron chi connectivity index (χ3n) is 3.38. The summed E-state index contributed by atoms with van der Waals surface area (Å²) < 4.78 is 5.68. The predicted molar refractivity (Wildman–Crippen MR) is 89.8 cm³/mol. The van der Waals surface area contributed by atoms with Crippen molar-refractivity contribution in [3.05, 3.63) is 48.5 Å². The van der Waals surface area contributed by atoms with Crippen molar-refractivity contribution in [1.29, 1.82) is 0 Å². The molecule has 2 N–H and O–H groups in total. The third kappa shape index (κ3) is 5.71. The highest BCUT2D eigenvalue weighted by Gasteiger charge is 2.06. The van der Waals surface area contributed by atoms with E-state index in [2.05, 4.69) is 10.2 Å². The molecular weight excluding hydrogens is 292 g/mol. The number of phenols is 1. The molecule has 1 atom stereocenters. The first-order valence-electron chi connectivity index (χ1n) is 7.79. The maximum absolute atomic E-state index is 9.61. The molecule has 2 aromatic carbocycles. The van der Waals surface area contributed by atoms with Crippen LogP contribution in [0.25, 0.3) is 0 Å². The van der Waals surface area contributed by atoms with Gasteiger partial charge in [-0.1, -0.05) is 25.1 Å². The number of hydrogen-bond donors (Lipinski definition) is 2. The minimum absolute atomic E-state index is 0.118. The van der Waals surface area contributed by atoms with Crippen LogP contribution in [0.4, 0.5) is 11.4 Å². The molecule has 0 aliphatic rings. The molecule has 2 aromatic rings. The summed E-state index contributed by atoms with van der Waals surface area (Å²) in [5.74, 6) is 0.600. The van der Waals surface area contributed by atoms with E-state index in [-0.39, 0.29) is 11.9 Å². The van der Waals surface area contributed by atoms with Crippen LogP contribution in [0.1, 0.15) is 26.2 Å². The minimum atomic E-state index is -0.292. The lowest BCUT2D eigenvalue weighted by molar-refractivity contribution is 0.149. The van der Waals surface area contributed by atoms with Crippen molar-refractivity contribution in [2.24, 2.45) is 10.2 Å². The van der Waals surface area contributed by atoms with Crippen molar-refractivity contribution in [3.8, 4) is 11.5 Å². The second-order valence-electron chi connectivity index (χ2n) is 5.24. The van der Waals surface area contributed by atoms with Crippen molar-refractivity contribution in [1.82, 2.24) is 0 Å². The summed E-state index contributed by atoms with van der Waals surface area (Å²) >= 11 is 0. The molecule has 0 heterocycles. The standard InChI is InChI=1S/C18H22N2O3/c1-2-15(21)9-6-12-23-18-13-16(22)10-11-17(18)20-19-14-7-4-3-5-8-14/h3-5,7-8,10-11,13,15,21-22H,2,6,9,12H2,1H3. The van der Waals surface area contributed by atoms with Gasteiger partial charge in [0.2, 0.25) is 0 Å². The summed E-state index contributed by atoms with van der Waals surface area (Å²) in [7, 11) is 0. The molecule has 0 aliphatic carbocycles. The number of ether oxygens (including phenoxy) is 1. The Morgan fingerprint density at radius 2 is 1.87 bits per heavy atom. The predicted octanol–water partition coefficient (Wildman–Crippen LogP) is 4.74. The van der Waals surface area contributed by atoms with E-state index >= 15 is 0 Å². The zero-order valence-electron chi connectivity index (χ0n) is 13.2. The molecule has 0 bridgehead atoms. The van der Waals surface area contributed by atoms with Gasteiger partial charge in [-0.2, -0.15) is 5.11 Å². The summed E-state index contributed by atoms with van der Waals surface area (Å²) in [5.41, 5.74) is 1.31. The number of hydrogen-bond acceptors (Lipinski definition) is 5. The van der Waals surface area contributed by atoms with Gasteiger partial charge in [0.15, 0.2) is 0 Å². The molecule has 0 radical (unpaired) electrons. The van der Waals surface area contributed by atoms with Gasteiger partial charge in [0, 0.05) is 6.07 Å². The van der Waals surface area contributed by atoms with Crippen LogP contribution in [0.15, 0.2) is 58.8 Å². The Morgan fingerprint density at radius 3 is 2.61 bits per heavy atom. The Hall–Kier alpha value is -2.40. The number of aliphatic hydroxyl groups excluding tert-OH is 1. The third-order valence-corrected chi connectivity index (χ3v) is 3.38.